The predicted octanol–water partition coefficient (Wildman–Crippen LogP) is 6.48. The van der Waals surface area contributed by atoms with Crippen molar-refractivity contribution in [1.29, 1.82) is 0 Å². The van der Waals surface area contributed by atoms with E-state index < -0.39 is 41.0 Å². The number of alkyl halides is 6. The average Bonchev–Trinajstić information content (AvgIpc) is 3.38. The lowest BCUT2D eigenvalue weighted by Gasteiger charge is -2.42. The summed E-state index contributed by atoms with van der Waals surface area (Å²) < 4.78 is 81.3. The Bertz CT molecular complexity index is 1610. The molecule has 5 rings (SSSR count). The van der Waals surface area contributed by atoms with E-state index in [4.69, 9.17) is 0 Å². The highest BCUT2D eigenvalue weighted by Crippen LogP contribution is 2.37. The third kappa shape index (κ3) is 6.32. The van der Waals surface area contributed by atoms with Crippen LogP contribution in [0.1, 0.15) is 37.4 Å². The second kappa shape index (κ2) is 11.3. The molecule has 1 aliphatic rings. The fraction of sp³-hybridized carbons (Fsp3) is 0.290. The normalized spacial score (nSPS) is 16.0. The first-order valence-electron chi connectivity index (χ1n) is 13.4. The summed E-state index contributed by atoms with van der Waals surface area (Å²) in [5.74, 6) is -1.26. The van der Waals surface area contributed by atoms with Gasteiger partial charge in [0.25, 0.3) is 11.8 Å². The Morgan fingerprint density at radius 2 is 1.47 bits per heavy atom. The molecule has 0 radical (unpaired) electrons. The molecule has 0 saturated carbocycles. The lowest BCUT2D eigenvalue weighted by Crippen LogP contribution is -2.57. The van der Waals surface area contributed by atoms with Gasteiger partial charge in [0.05, 0.1) is 17.2 Å². The van der Waals surface area contributed by atoms with Crippen molar-refractivity contribution in [3.63, 3.8) is 0 Å². The highest BCUT2D eigenvalue weighted by molar-refractivity contribution is 5.97. The molecule has 1 aliphatic heterocycles. The number of nitrogens with zero attached hydrogens (tertiary/aromatic N) is 3. The van der Waals surface area contributed by atoms with Gasteiger partial charge in [-0.2, -0.15) is 26.3 Å². The van der Waals surface area contributed by atoms with Crippen LogP contribution in [-0.2, 0) is 18.8 Å². The molecule has 2 heterocycles. The van der Waals surface area contributed by atoms with E-state index in [2.05, 4.69) is 4.98 Å². The van der Waals surface area contributed by atoms with Crippen LogP contribution < -0.4 is 4.90 Å². The molecule has 4 aromatic rings. The van der Waals surface area contributed by atoms with Crippen LogP contribution in [0.4, 0.5) is 32.0 Å². The van der Waals surface area contributed by atoms with Crippen molar-refractivity contribution in [2.45, 2.75) is 24.8 Å². The van der Waals surface area contributed by atoms with Crippen molar-refractivity contribution >= 4 is 28.4 Å². The molecule has 1 unspecified atom stereocenters. The standard InChI is InChI=1S/C31H28F6N4O2/c1-39(2)24-9-7-19(8-10-24)28(42)40-11-12-41(25(18-40)15-21-17-38-27-6-4-3-5-26(21)27)29(43)20-13-22(30(32,33)34)16-23(14-20)31(35,36)37/h3-10,13-14,16-17,25,38H,11-12,15,18H2,1-2H3. The number of halogens is 6. The topological polar surface area (TPSA) is 59.7 Å². The second-order valence-corrected chi connectivity index (χ2v) is 10.7. The first kappa shape index (κ1) is 30.0. The van der Waals surface area contributed by atoms with Gasteiger partial charge in [0.1, 0.15) is 0 Å². The van der Waals surface area contributed by atoms with E-state index in [1.807, 2.05) is 43.3 Å². The Labute approximate surface area is 243 Å². The Morgan fingerprint density at radius 3 is 2.07 bits per heavy atom. The highest BCUT2D eigenvalue weighted by atomic mass is 19.4. The van der Waals surface area contributed by atoms with E-state index in [-0.39, 0.29) is 38.0 Å². The van der Waals surface area contributed by atoms with Crippen molar-refractivity contribution in [1.82, 2.24) is 14.8 Å². The Hall–Kier alpha value is -4.48. The molecule has 12 heteroatoms. The average molecular weight is 603 g/mol. The third-order valence-electron chi connectivity index (χ3n) is 7.63. The number of rotatable bonds is 5. The number of aromatic nitrogens is 1. The molecule has 0 aliphatic carbocycles. The summed E-state index contributed by atoms with van der Waals surface area (Å²) in [7, 11) is 3.73. The molecule has 0 spiro atoms. The molecule has 1 N–H and O–H groups in total. The van der Waals surface area contributed by atoms with Gasteiger partial charge in [0.15, 0.2) is 0 Å². The second-order valence-electron chi connectivity index (χ2n) is 10.7. The lowest BCUT2D eigenvalue weighted by atomic mass is 9.98. The van der Waals surface area contributed by atoms with Crippen LogP contribution in [-0.4, -0.2) is 66.4 Å². The SMILES string of the molecule is CN(C)c1ccc(C(=O)N2CCN(C(=O)c3cc(C(F)(F)F)cc(C(F)(F)F)c3)C(Cc3c[nH]c4ccccc34)C2)cc1. The zero-order valence-corrected chi connectivity index (χ0v) is 23.3. The molecule has 2 amide bonds. The zero-order chi connectivity index (χ0) is 31.1. The van der Waals surface area contributed by atoms with Crippen molar-refractivity contribution < 1.29 is 35.9 Å². The fourth-order valence-corrected chi connectivity index (χ4v) is 5.37. The number of hydrogen-bond donors (Lipinski definition) is 1. The Morgan fingerprint density at radius 1 is 0.837 bits per heavy atom. The largest absolute Gasteiger partial charge is 0.416 e. The maximum atomic E-state index is 13.7. The molecule has 1 saturated heterocycles. The molecule has 3 aromatic carbocycles. The van der Waals surface area contributed by atoms with E-state index in [0.29, 0.717) is 17.7 Å². The molecule has 6 nitrogen and oxygen atoms in total. The minimum Gasteiger partial charge on any atom is -0.378 e. The number of aromatic amines is 1. The van der Waals surface area contributed by atoms with Crippen LogP contribution in [0.25, 0.3) is 10.9 Å². The van der Waals surface area contributed by atoms with Gasteiger partial charge in [-0.15, -0.1) is 0 Å². The summed E-state index contributed by atoms with van der Waals surface area (Å²) in [6.45, 7) is 0.00501. The van der Waals surface area contributed by atoms with Crippen LogP contribution >= 0.6 is 0 Å². The number of hydrogen-bond acceptors (Lipinski definition) is 3. The zero-order valence-electron chi connectivity index (χ0n) is 23.3. The molecule has 1 atom stereocenters. The first-order chi connectivity index (χ1) is 20.2. The maximum absolute atomic E-state index is 13.7. The summed E-state index contributed by atoms with van der Waals surface area (Å²) in [6, 6.07) is 14.5. The summed E-state index contributed by atoms with van der Waals surface area (Å²) in [5, 5.41) is 0.857. The minimum atomic E-state index is -5.09. The van der Waals surface area contributed by atoms with Crippen molar-refractivity contribution in [2.75, 3.05) is 38.6 Å². The van der Waals surface area contributed by atoms with Gasteiger partial charge in [-0.1, -0.05) is 18.2 Å². The quantitative estimate of drug-likeness (QED) is 0.266. The van der Waals surface area contributed by atoms with Crippen LogP contribution in [0.5, 0.6) is 0 Å². The summed E-state index contributed by atoms with van der Waals surface area (Å²) in [4.78, 5) is 35.0. The molecule has 1 fully saturated rings. The van der Waals surface area contributed by atoms with Gasteiger partial charge >= 0.3 is 12.4 Å². The number of carbonyl (C=O) groups excluding carboxylic acids is 2. The number of piperazine rings is 1. The van der Waals surface area contributed by atoms with Gasteiger partial charge in [-0.25, -0.2) is 0 Å². The number of carbonyl (C=O) groups is 2. The van der Waals surface area contributed by atoms with E-state index in [9.17, 15) is 35.9 Å². The van der Waals surface area contributed by atoms with E-state index in [1.54, 1.807) is 35.4 Å². The number of para-hydroxylation sites is 1. The van der Waals surface area contributed by atoms with Gasteiger partial charge in [-0.3, -0.25) is 9.59 Å². The number of benzene rings is 3. The van der Waals surface area contributed by atoms with E-state index >= 15 is 0 Å². The van der Waals surface area contributed by atoms with Crippen molar-refractivity contribution in [3.8, 4) is 0 Å². The number of nitrogens with one attached hydrogen (secondary N) is 1. The summed E-state index contributed by atoms with van der Waals surface area (Å²) in [6.07, 6.45) is -8.22. The van der Waals surface area contributed by atoms with Gasteiger partial charge in [0, 0.05) is 67.6 Å². The van der Waals surface area contributed by atoms with Gasteiger partial charge in [0.2, 0.25) is 0 Å². The fourth-order valence-electron chi connectivity index (χ4n) is 5.37. The summed E-state index contributed by atoms with van der Waals surface area (Å²) in [5.41, 5.74) is -0.906. The van der Waals surface area contributed by atoms with Crippen LogP contribution in [0, 0.1) is 0 Å². The van der Waals surface area contributed by atoms with Crippen LogP contribution in [0.3, 0.4) is 0 Å². The van der Waals surface area contributed by atoms with Crippen LogP contribution in [0.2, 0.25) is 0 Å². The molecule has 0 bridgehead atoms. The molecule has 226 valence electrons. The third-order valence-corrected chi connectivity index (χ3v) is 7.63. The highest BCUT2D eigenvalue weighted by Gasteiger charge is 2.39. The smallest absolute Gasteiger partial charge is 0.378 e. The monoisotopic (exact) mass is 602 g/mol. The van der Waals surface area contributed by atoms with Crippen molar-refractivity contribution in [2.24, 2.45) is 0 Å². The van der Waals surface area contributed by atoms with Gasteiger partial charge in [-0.05, 0) is 60.5 Å². The predicted molar refractivity (Wildman–Crippen MR) is 150 cm³/mol. The summed E-state index contributed by atoms with van der Waals surface area (Å²) >= 11 is 0. The maximum Gasteiger partial charge on any atom is 0.416 e. The molecule has 1 aromatic heterocycles. The van der Waals surface area contributed by atoms with Gasteiger partial charge < -0.3 is 19.7 Å². The minimum absolute atomic E-state index is 0.00160. The first-order valence-corrected chi connectivity index (χ1v) is 13.4. The molecular weight excluding hydrogens is 574 g/mol. The van der Waals surface area contributed by atoms with Crippen LogP contribution in [0.15, 0.2) is 72.9 Å². The number of amides is 2. The van der Waals surface area contributed by atoms with E-state index in [0.717, 1.165) is 22.2 Å². The van der Waals surface area contributed by atoms with E-state index in [1.165, 1.54) is 4.90 Å². The van der Waals surface area contributed by atoms with Crippen molar-refractivity contribution in [3.05, 3.63) is 101 Å². The molecular formula is C31H28F6N4O2. The Balaban J connectivity index is 1.49. The number of fused-ring (bicyclic) bond motifs is 1. The molecule has 43 heavy (non-hydrogen) atoms. The number of H-pyrrole nitrogens is 1. The Kier molecular flexibility index (Phi) is 7.89. The number of anilines is 1. The lowest BCUT2D eigenvalue weighted by molar-refractivity contribution is -0.143.